The second kappa shape index (κ2) is 7.44. The largest absolute Gasteiger partial charge is 0.466 e. The van der Waals surface area contributed by atoms with Crippen molar-refractivity contribution in [1.29, 1.82) is 0 Å². The van der Waals surface area contributed by atoms with Crippen LogP contribution in [0.4, 0.5) is 0 Å². The highest BCUT2D eigenvalue weighted by Crippen LogP contribution is 2.32. The summed E-state index contributed by atoms with van der Waals surface area (Å²) >= 11 is 0. The summed E-state index contributed by atoms with van der Waals surface area (Å²) in [4.78, 5) is 12.4. The molecule has 1 aromatic carbocycles. The highest BCUT2D eigenvalue weighted by Gasteiger charge is 2.38. The molecule has 1 unspecified atom stereocenters. The van der Waals surface area contributed by atoms with Crippen molar-refractivity contribution in [3.05, 3.63) is 34.9 Å². The molecule has 0 radical (unpaired) electrons. The normalized spacial score (nSPS) is 13.8. The Hall–Kier alpha value is -1.35. The van der Waals surface area contributed by atoms with Crippen LogP contribution in [0.1, 0.15) is 43.4 Å². The van der Waals surface area contributed by atoms with E-state index in [-0.39, 0.29) is 5.97 Å². The lowest BCUT2D eigenvalue weighted by atomic mass is 9.76. The Bertz CT molecular complexity index is 436. The summed E-state index contributed by atoms with van der Waals surface area (Å²) in [5.41, 5.74) is 9.02. The SMILES string of the molecule is CCCC(CN)(Cc1c(C)cccc1C)C(=O)OCC. The van der Waals surface area contributed by atoms with Crippen molar-refractivity contribution in [2.45, 2.75) is 47.0 Å². The number of hydrogen-bond donors (Lipinski definition) is 1. The van der Waals surface area contributed by atoms with Gasteiger partial charge in [-0.3, -0.25) is 4.79 Å². The molecule has 0 saturated carbocycles. The van der Waals surface area contributed by atoms with E-state index >= 15 is 0 Å². The summed E-state index contributed by atoms with van der Waals surface area (Å²) in [5, 5.41) is 0. The van der Waals surface area contributed by atoms with Gasteiger partial charge < -0.3 is 10.5 Å². The lowest BCUT2D eigenvalue weighted by molar-refractivity contribution is -0.155. The van der Waals surface area contributed by atoms with Crippen molar-refractivity contribution in [3.8, 4) is 0 Å². The fourth-order valence-electron chi connectivity index (χ4n) is 2.75. The van der Waals surface area contributed by atoms with Crippen LogP contribution in [0, 0.1) is 19.3 Å². The molecule has 0 fully saturated rings. The Balaban J connectivity index is 3.15. The van der Waals surface area contributed by atoms with Crippen LogP contribution in [0.2, 0.25) is 0 Å². The van der Waals surface area contributed by atoms with Gasteiger partial charge in [0.25, 0.3) is 0 Å². The summed E-state index contributed by atoms with van der Waals surface area (Å²) < 4.78 is 5.28. The summed E-state index contributed by atoms with van der Waals surface area (Å²) in [7, 11) is 0. The van der Waals surface area contributed by atoms with E-state index in [1.165, 1.54) is 16.7 Å². The maximum atomic E-state index is 12.4. The smallest absolute Gasteiger partial charge is 0.313 e. The predicted molar refractivity (Wildman–Crippen MR) is 82.6 cm³/mol. The number of rotatable bonds is 7. The quantitative estimate of drug-likeness (QED) is 0.779. The summed E-state index contributed by atoms with van der Waals surface area (Å²) in [6.07, 6.45) is 2.34. The minimum atomic E-state index is -0.596. The maximum absolute atomic E-state index is 12.4. The first kappa shape index (κ1) is 16.7. The van der Waals surface area contributed by atoms with Crippen LogP contribution in [0.5, 0.6) is 0 Å². The summed E-state index contributed by atoms with van der Waals surface area (Å²) in [6, 6.07) is 6.21. The zero-order valence-electron chi connectivity index (χ0n) is 13.2. The third-order valence-electron chi connectivity index (χ3n) is 3.99. The molecule has 2 N–H and O–H groups in total. The molecular formula is C17H27NO2. The molecule has 0 aliphatic carbocycles. The number of esters is 1. The van der Waals surface area contributed by atoms with Crippen LogP contribution < -0.4 is 5.73 Å². The number of nitrogens with two attached hydrogens (primary N) is 1. The summed E-state index contributed by atoms with van der Waals surface area (Å²) in [6.45, 7) is 8.81. The monoisotopic (exact) mass is 277 g/mol. The van der Waals surface area contributed by atoms with Gasteiger partial charge in [-0.05, 0) is 50.3 Å². The van der Waals surface area contributed by atoms with Crippen molar-refractivity contribution in [2.24, 2.45) is 11.1 Å². The van der Waals surface area contributed by atoms with Gasteiger partial charge in [-0.25, -0.2) is 0 Å². The number of benzene rings is 1. The standard InChI is InChI=1S/C17H27NO2/c1-5-10-17(12-18,16(19)20-6-2)11-15-13(3)8-7-9-14(15)4/h7-9H,5-6,10-12,18H2,1-4H3. The van der Waals surface area contributed by atoms with E-state index in [1.54, 1.807) is 0 Å². The van der Waals surface area contributed by atoms with Gasteiger partial charge in [0.15, 0.2) is 0 Å². The Kier molecular flexibility index (Phi) is 6.21. The van der Waals surface area contributed by atoms with Crippen molar-refractivity contribution in [1.82, 2.24) is 0 Å². The van der Waals surface area contributed by atoms with E-state index < -0.39 is 5.41 Å². The van der Waals surface area contributed by atoms with Crippen molar-refractivity contribution in [3.63, 3.8) is 0 Å². The zero-order chi connectivity index (χ0) is 15.2. The second-order valence-electron chi connectivity index (χ2n) is 5.50. The molecule has 0 aromatic heterocycles. The Labute approximate surface area is 122 Å². The van der Waals surface area contributed by atoms with E-state index in [4.69, 9.17) is 10.5 Å². The molecule has 112 valence electrons. The van der Waals surface area contributed by atoms with Crippen LogP contribution in [-0.2, 0) is 16.0 Å². The van der Waals surface area contributed by atoms with E-state index in [0.717, 1.165) is 12.8 Å². The number of carbonyl (C=O) groups is 1. The van der Waals surface area contributed by atoms with E-state index in [0.29, 0.717) is 19.6 Å². The lowest BCUT2D eigenvalue weighted by Crippen LogP contribution is -2.42. The Morgan fingerprint density at radius 3 is 2.30 bits per heavy atom. The van der Waals surface area contributed by atoms with Gasteiger partial charge in [0.1, 0.15) is 0 Å². The Morgan fingerprint density at radius 1 is 1.25 bits per heavy atom. The fourth-order valence-corrected chi connectivity index (χ4v) is 2.75. The molecule has 0 spiro atoms. The van der Waals surface area contributed by atoms with Gasteiger partial charge in [-0.1, -0.05) is 31.5 Å². The fraction of sp³-hybridized carbons (Fsp3) is 0.588. The first-order valence-electron chi connectivity index (χ1n) is 7.43. The Morgan fingerprint density at radius 2 is 1.85 bits per heavy atom. The van der Waals surface area contributed by atoms with Gasteiger partial charge in [-0.15, -0.1) is 0 Å². The number of ether oxygens (including phenoxy) is 1. The molecule has 0 aliphatic heterocycles. The predicted octanol–water partition coefficient (Wildman–Crippen LogP) is 3.15. The number of carbonyl (C=O) groups excluding carboxylic acids is 1. The van der Waals surface area contributed by atoms with Gasteiger partial charge >= 0.3 is 5.97 Å². The minimum absolute atomic E-state index is 0.160. The van der Waals surface area contributed by atoms with Gasteiger partial charge in [-0.2, -0.15) is 0 Å². The van der Waals surface area contributed by atoms with E-state index in [1.807, 2.05) is 13.0 Å². The molecule has 0 saturated heterocycles. The first-order valence-corrected chi connectivity index (χ1v) is 7.43. The van der Waals surface area contributed by atoms with Crippen LogP contribution >= 0.6 is 0 Å². The van der Waals surface area contributed by atoms with Crippen molar-refractivity contribution >= 4 is 5.97 Å². The number of aryl methyl sites for hydroxylation is 2. The molecule has 1 atom stereocenters. The topological polar surface area (TPSA) is 52.3 Å². The first-order chi connectivity index (χ1) is 9.50. The second-order valence-corrected chi connectivity index (χ2v) is 5.50. The van der Waals surface area contributed by atoms with Gasteiger partial charge in [0, 0.05) is 6.54 Å². The molecule has 20 heavy (non-hydrogen) atoms. The average molecular weight is 277 g/mol. The third-order valence-corrected chi connectivity index (χ3v) is 3.99. The van der Waals surface area contributed by atoms with Crippen LogP contribution in [-0.4, -0.2) is 19.1 Å². The van der Waals surface area contributed by atoms with Gasteiger partial charge in [0.2, 0.25) is 0 Å². The van der Waals surface area contributed by atoms with Gasteiger partial charge in [0.05, 0.1) is 12.0 Å². The van der Waals surface area contributed by atoms with Crippen LogP contribution in [0.3, 0.4) is 0 Å². The molecular weight excluding hydrogens is 250 g/mol. The van der Waals surface area contributed by atoms with E-state index in [9.17, 15) is 4.79 Å². The van der Waals surface area contributed by atoms with Crippen LogP contribution in [0.15, 0.2) is 18.2 Å². The third kappa shape index (κ3) is 3.60. The molecule has 1 rings (SSSR count). The maximum Gasteiger partial charge on any atom is 0.313 e. The zero-order valence-corrected chi connectivity index (χ0v) is 13.2. The van der Waals surface area contributed by atoms with Crippen molar-refractivity contribution < 1.29 is 9.53 Å². The highest BCUT2D eigenvalue weighted by atomic mass is 16.5. The molecule has 3 heteroatoms. The lowest BCUT2D eigenvalue weighted by Gasteiger charge is -2.31. The van der Waals surface area contributed by atoms with Crippen molar-refractivity contribution in [2.75, 3.05) is 13.2 Å². The molecule has 0 bridgehead atoms. The molecule has 0 aliphatic rings. The average Bonchev–Trinajstić information content (AvgIpc) is 2.42. The molecule has 0 heterocycles. The number of hydrogen-bond acceptors (Lipinski definition) is 3. The van der Waals surface area contributed by atoms with Crippen LogP contribution in [0.25, 0.3) is 0 Å². The molecule has 3 nitrogen and oxygen atoms in total. The minimum Gasteiger partial charge on any atom is -0.466 e. The van der Waals surface area contributed by atoms with E-state index in [2.05, 4.69) is 32.9 Å². The molecule has 0 amide bonds. The summed E-state index contributed by atoms with van der Waals surface area (Å²) in [5.74, 6) is -0.160. The molecule has 1 aromatic rings. The highest BCUT2D eigenvalue weighted by molar-refractivity contribution is 5.77.